The number of nitrogens with zero attached hydrogens (tertiary/aromatic N) is 2. The molecule has 0 radical (unpaired) electrons. The summed E-state index contributed by atoms with van der Waals surface area (Å²) >= 11 is 9.66. The standard InChI is InChI=1S/C23H17BrClN3O4S/c24-17-2-8-21(15(9-17)12-26)32-22-10-14(1-7-20(22)25)16-11-23(29)28(13-16)18-3-5-19(6-4-18)33(27,30)31/h1-10,16H,11,13H2,(H2,27,30,31)/t16-/m0/s1. The molecule has 2 N–H and O–H groups in total. The lowest BCUT2D eigenvalue weighted by atomic mass is 9.98. The Balaban J connectivity index is 1.57. The lowest BCUT2D eigenvalue weighted by Gasteiger charge is -2.18. The van der Waals surface area contributed by atoms with Gasteiger partial charge in [-0.3, -0.25) is 4.79 Å². The third-order valence-corrected chi connectivity index (χ3v) is 7.05. The molecule has 168 valence electrons. The lowest BCUT2D eigenvalue weighted by Crippen LogP contribution is -2.24. The molecule has 0 unspecified atom stereocenters. The van der Waals surface area contributed by atoms with Gasteiger partial charge in [0.2, 0.25) is 15.9 Å². The normalized spacial score (nSPS) is 16.0. The molecule has 1 amide bonds. The molecule has 1 aliphatic heterocycles. The summed E-state index contributed by atoms with van der Waals surface area (Å²) in [7, 11) is -3.81. The lowest BCUT2D eigenvalue weighted by molar-refractivity contribution is -0.117. The molecule has 1 fully saturated rings. The van der Waals surface area contributed by atoms with Crippen molar-refractivity contribution in [1.29, 1.82) is 5.26 Å². The average Bonchev–Trinajstić information content (AvgIpc) is 3.17. The summed E-state index contributed by atoms with van der Waals surface area (Å²) in [5.74, 6) is 0.561. The van der Waals surface area contributed by atoms with E-state index in [-0.39, 0.29) is 23.1 Å². The Morgan fingerprint density at radius 2 is 1.82 bits per heavy atom. The van der Waals surface area contributed by atoms with E-state index in [0.29, 0.717) is 34.3 Å². The van der Waals surface area contributed by atoms with Gasteiger partial charge in [-0.1, -0.05) is 33.6 Å². The van der Waals surface area contributed by atoms with Crippen LogP contribution in [0.3, 0.4) is 0 Å². The van der Waals surface area contributed by atoms with Gasteiger partial charge in [0.05, 0.1) is 15.5 Å². The number of anilines is 1. The van der Waals surface area contributed by atoms with E-state index in [4.69, 9.17) is 21.5 Å². The van der Waals surface area contributed by atoms with Crippen LogP contribution in [0.4, 0.5) is 5.69 Å². The summed E-state index contributed by atoms with van der Waals surface area (Å²) in [5.41, 5.74) is 1.81. The Hall–Kier alpha value is -2.90. The number of ether oxygens (including phenoxy) is 1. The molecule has 33 heavy (non-hydrogen) atoms. The van der Waals surface area contributed by atoms with Gasteiger partial charge < -0.3 is 9.64 Å². The van der Waals surface area contributed by atoms with Crippen molar-refractivity contribution in [3.8, 4) is 17.6 Å². The van der Waals surface area contributed by atoms with Crippen LogP contribution in [0, 0.1) is 11.3 Å². The smallest absolute Gasteiger partial charge is 0.238 e. The molecule has 0 spiro atoms. The molecular formula is C23H17BrClN3O4S. The van der Waals surface area contributed by atoms with E-state index >= 15 is 0 Å². The molecule has 1 heterocycles. The molecule has 10 heteroatoms. The van der Waals surface area contributed by atoms with E-state index in [9.17, 15) is 18.5 Å². The number of nitrogens with two attached hydrogens (primary N) is 1. The fourth-order valence-electron chi connectivity index (χ4n) is 3.65. The van der Waals surface area contributed by atoms with Gasteiger partial charge in [-0.2, -0.15) is 5.26 Å². The molecule has 1 atom stereocenters. The van der Waals surface area contributed by atoms with Gasteiger partial charge in [-0.15, -0.1) is 0 Å². The summed E-state index contributed by atoms with van der Waals surface area (Å²) in [6.45, 7) is 0.413. The van der Waals surface area contributed by atoms with Crippen LogP contribution in [-0.2, 0) is 14.8 Å². The van der Waals surface area contributed by atoms with Crippen molar-refractivity contribution in [1.82, 2.24) is 0 Å². The van der Waals surface area contributed by atoms with Gasteiger partial charge in [0.15, 0.2) is 0 Å². The summed E-state index contributed by atoms with van der Waals surface area (Å²) in [4.78, 5) is 14.3. The Morgan fingerprint density at radius 3 is 2.48 bits per heavy atom. The van der Waals surface area contributed by atoms with E-state index in [1.807, 2.05) is 6.07 Å². The molecule has 3 aromatic rings. The number of primary sulfonamides is 1. The number of hydrogen-bond donors (Lipinski definition) is 1. The third kappa shape index (κ3) is 5.04. The summed E-state index contributed by atoms with van der Waals surface area (Å²) in [6, 6.07) is 18.4. The number of benzene rings is 3. The second-order valence-electron chi connectivity index (χ2n) is 7.49. The monoisotopic (exact) mass is 545 g/mol. The van der Waals surface area contributed by atoms with E-state index in [1.165, 1.54) is 12.1 Å². The average molecular weight is 547 g/mol. The number of hydrogen-bond acceptors (Lipinski definition) is 5. The minimum Gasteiger partial charge on any atom is -0.454 e. The van der Waals surface area contributed by atoms with Crippen LogP contribution in [0.5, 0.6) is 11.5 Å². The van der Waals surface area contributed by atoms with E-state index < -0.39 is 10.0 Å². The predicted octanol–water partition coefficient (Wildman–Crippen LogP) is 4.93. The zero-order valence-electron chi connectivity index (χ0n) is 17.0. The first-order valence-electron chi connectivity index (χ1n) is 9.76. The first-order valence-corrected chi connectivity index (χ1v) is 12.5. The van der Waals surface area contributed by atoms with Crippen molar-refractivity contribution < 1.29 is 17.9 Å². The third-order valence-electron chi connectivity index (χ3n) is 5.31. The number of rotatable bonds is 5. The highest BCUT2D eigenvalue weighted by Gasteiger charge is 2.32. The van der Waals surface area contributed by atoms with Crippen molar-refractivity contribution in [2.24, 2.45) is 5.14 Å². The van der Waals surface area contributed by atoms with Gasteiger partial charge >= 0.3 is 0 Å². The van der Waals surface area contributed by atoms with Gasteiger partial charge in [0, 0.05) is 29.0 Å². The van der Waals surface area contributed by atoms with Gasteiger partial charge in [0.1, 0.15) is 17.6 Å². The molecule has 1 aliphatic rings. The maximum Gasteiger partial charge on any atom is 0.238 e. The first-order chi connectivity index (χ1) is 15.7. The van der Waals surface area contributed by atoms with E-state index in [1.54, 1.807) is 47.4 Å². The Kier molecular flexibility index (Phi) is 6.45. The van der Waals surface area contributed by atoms with E-state index in [2.05, 4.69) is 22.0 Å². The number of halogens is 2. The zero-order chi connectivity index (χ0) is 23.8. The SMILES string of the molecule is N#Cc1cc(Br)ccc1Oc1cc([C@H]2CC(=O)N(c3ccc(S(N)(=O)=O)cc3)C2)ccc1Cl. The molecular weight excluding hydrogens is 530 g/mol. The fourth-order valence-corrected chi connectivity index (χ4v) is 4.68. The molecule has 0 bridgehead atoms. The molecule has 0 aromatic heterocycles. The van der Waals surface area contributed by atoms with Crippen LogP contribution in [0.2, 0.25) is 5.02 Å². The summed E-state index contributed by atoms with van der Waals surface area (Å²) in [5, 5.41) is 14.9. The van der Waals surface area contributed by atoms with Gasteiger partial charge in [-0.05, 0) is 60.2 Å². The quantitative estimate of drug-likeness (QED) is 0.487. The Labute approximate surface area is 204 Å². The Bertz CT molecular complexity index is 1390. The summed E-state index contributed by atoms with van der Waals surface area (Å²) < 4.78 is 29.6. The number of nitriles is 1. The van der Waals surface area contributed by atoms with E-state index in [0.717, 1.165) is 10.0 Å². The largest absolute Gasteiger partial charge is 0.454 e. The van der Waals surface area contributed by atoms with Gasteiger partial charge in [0.25, 0.3) is 0 Å². The van der Waals surface area contributed by atoms with Crippen molar-refractivity contribution >= 4 is 49.1 Å². The summed E-state index contributed by atoms with van der Waals surface area (Å²) in [6.07, 6.45) is 0.278. The first kappa shape index (κ1) is 23.3. The van der Waals surface area contributed by atoms with Crippen LogP contribution in [0.15, 0.2) is 70.0 Å². The predicted molar refractivity (Wildman–Crippen MR) is 128 cm³/mol. The number of sulfonamides is 1. The van der Waals surface area contributed by atoms with Crippen LogP contribution in [0.25, 0.3) is 0 Å². The zero-order valence-corrected chi connectivity index (χ0v) is 20.2. The minimum atomic E-state index is -3.81. The Morgan fingerprint density at radius 1 is 1.09 bits per heavy atom. The second kappa shape index (κ2) is 9.15. The fraction of sp³-hybridized carbons (Fsp3) is 0.130. The van der Waals surface area contributed by atoms with Crippen LogP contribution in [0.1, 0.15) is 23.5 Å². The number of carbonyl (C=O) groups is 1. The number of carbonyl (C=O) groups excluding carboxylic acids is 1. The molecule has 7 nitrogen and oxygen atoms in total. The molecule has 0 aliphatic carbocycles. The van der Waals surface area contributed by atoms with Gasteiger partial charge in [-0.25, -0.2) is 13.6 Å². The van der Waals surface area contributed by atoms with Crippen molar-refractivity contribution in [3.63, 3.8) is 0 Å². The van der Waals surface area contributed by atoms with Crippen molar-refractivity contribution in [3.05, 3.63) is 81.3 Å². The molecule has 3 aromatic carbocycles. The number of amides is 1. The topological polar surface area (TPSA) is 113 Å². The maximum absolute atomic E-state index is 12.7. The molecule has 1 saturated heterocycles. The highest BCUT2D eigenvalue weighted by molar-refractivity contribution is 9.10. The minimum absolute atomic E-state index is 0.0152. The van der Waals surface area contributed by atoms with Crippen molar-refractivity contribution in [2.75, 3.05) is 11.4 Å². The highest BCUT2D eigenvalue weighted by atomic mass is 79.9. The van der Waals surface area contributed by atoms with Crippen LogP contribution >= 0.6 is 27.5 Å². The molecule has 0 saturated carbocycles. The maximum atomic E-state index is 12.7. The molecule has 4 rings (SSSR count). The highest BCUT2D eigenvalue weighted by Crippen LogP contribution is 2.38. The van der Waals surface area contributed by atoms with Crippen LogP contribution in [-0.4, -0.2) is 20.9 Å². The van der Waals surface area contributed by atoms with Crippen molar-refractivity contribution in [2.45, 2.75) is 17.2 Å². The van der Waals surface area contributed by atoms with Crippen LogP contribution < -0.4 is 14.8 Å². The second-order valence-corrected chi connectivity index (χ2v) is 10.4.